The lowest BCUT2D eigenvalue weighted by Crippen LogP contribution is -2.26. The van der Waals surface area contributed by atoms with E-state index in [4.69, 9.17) is 5.30 Å². The molecule has 0 bridgehead atoms. The van der Waals surface area contributed by atoms with Gasteiger partial charge < -0.3 is 0 Å². The van der Waals surface area contributed by atoms with Crippen molar-refractivity contribution in [1.29, 1.82) is 23.6 Å². The predicted octanol–water partition coefficient (Wildman–Crippen LogP) is 20.8. The van der Waals surface area contributed by atoms with Crippen LogP contribution in [0.15, 0.2) is 96.1 Å². The Morgan fingerprint density at radius 3 is 1.35 bits per heavy atom. The third kappa shape index (κ3) is 11.6. The molecule has 2 aromatic heterocycles. The lowest BCUT2D eigenvalue weighted by atomic mass is 9.69. The van der Waals surface area contributed by atoms with Crippen LogP contribution in [0.4, 0.5) is 0 Å². The first-order valence-electron chi connectivity index (χ1n) is 30.0. The van der Waals surface area contributed by atoms with Gasteiger partial charge in [-0.3, -0.25) is 0 Å². The minimum atomic E-state index is -1.83. The van der Waals surface area contributed by atoms with Crippen molar-refractivity contribution >= 4 is 42.9 Å². The number of nitrogens with zero attached hydrogens (tertiary/aromatic N) is 4. The molecule has 2 heterocycles. The van der Waals surface area contributed by atoms with E-state index in [1.54, 1.807) is 11.3 Å². The highest BCUT2D eigenvalue weighted by molar-refractivity contribution is 7.23. The number of thiophene rings is 2. The smallest absolute Gasteiger partial charge is 0.138 e. The van der Waals surface area contributed by atoms with E-state index in [1.165, 1.54) is 141 Å². The maximum atomic E-state index is 10.7. The van der Waals surface area contributed by atoms with E-state index in [9.17, 15) is 21.0 Å². The quantitative estimate of drug-likeness (QED) is 0.0342. The maximum Gasteiger partial charge on any atom is 0.138 e. The molecule has 0 aliphatic heterocycles. The van der Waals surface area contributed by atoms with Crippen molar-refractivity contribution in [1.82, 2.24) is 0 Å². The van der Waals surface area contributed by atoms with E-state index in [-0.39, 0.29) is 16.6 Å². The minimum Gasteiger partial charge on any atom is -0.192 e. The average Bonchev–Trinajstić information content (AvgIpc) is 4.04. The van der Waals surface area contributed by atoms with Crippen LogP contribution < -0.4 is 0 Å². The lowest BCUT2D eigenvalue weighted by Gasteiger charge is -2.33. The summed E-state index contributed by atoms with van der Waals surface area (Å²) in [6.07, 6.45) is 27.7. The van der Waals surface area contributed by atoms with Gasteiger partial charge in [-0.15, -0.1) is 31.8 Å². The van der Waals surface area contributed by atoms with Crippen LogP contribution >= 0.6 is 31.8 Å². The monoisotopic (exact) mass is 1050 g/mol. The molecule has 9 rings (SSSR count). The topological polar surface area (TPSA) is 95.2 Å². The van der Waals surface area contributed by atoms with Crippen LogP contribution in [-0.4, -0.2) is 9.17 Å². The Kier molecular flexibility index (Phi) is 17.5. The van der Waals surface area contributed by atoms with Gasteiger partial charge in [0.15, 0.2) is 0 Å². The van der Waals surface area contributed by atoms with E-state index in [0.717, 1.165) is 97.3 Å². The summed E-state index contributed by atoms with van der Waals surface area (Å²) in [5, 5.41) is 42.3. The Hall–Kier alpha value is -5.85. The molecule has 0 amide bonds. The number of hydrogen-bond donors (Lipinski definition) is 0. The van der Waals surface area contributed by atoms with Crippen LogP contribution in [0.2, 0.25) is 0 Å². The fourth-order valence-electron chi connectivity index (χ4n) is 12.5. The van der Waals surface area contributed by atoms with E-state index in [1.807, 2.05) is 11.3 Å². The average molecular weight is 1050 g/mol. The van der Waals surface area contributed by atoms with Crippen LogP contribution in [0.5, 0.6) is 0 Å². The SMILES string of the molecule is CCCCCCCCCCCCC1(CCCCCCCCCCCC)c2cc3c(cc2-c2cc4c(cc21)-c1ccc(-c2ccc(-c5ccc(C)s5)s2)cc1C4=C(C#N)C#N)C(=C(C#N)C#N)c1cc(C)ccc1-3.[2H]P([3H])C([3H])[3H]. The van der Waals surface area contributed by atoms with Gasteiger partial charge in [-0.25, -0.2) is 0 Å². The predicted molar refractivity (Wildman–Crippen MR) is 323 cm³/mol. The van der Waals surface area contributed by atoms with Gasteiger partial charge in [0.05, 0.1) is 2.56 Å². The summed E-state index contributed by atoms with van der Waals surface area (Å²) in [5.74, 6) is 0. The van der Waals surface area contributed by atoms with E-state index < -0.39 is 15.7 Å². The van der Waals surface area contributed by atoms with Crippen LogP contribution in [0, 0.1) is 59.2 Å². The first kappa shape index (κ1) is 50.0. The van der Waals surface area contributed by atoms with Gasteiger partial charge in [-0.1, -0.05) is 185 Å². The highest BCUT2D eigenvalue weighted by Crippen LogP contribution is 2.61. The number of unbranched alkanes of at least 4 members (excludes halogenated alkanes) is 18. The highest BCUT2D eigenvalue weighted by Gasteiger charge is 2.46. The molecule has 6 aromatic rings. The molecule has 4 aromatic carbocycles. The molecular weight excluding hydrogens is 968 g/mol. The van der Waals surface area contributed by atoms with Crippen LogP contribution in [0.3, 0.4) is 0 Å². The lowest BCUT2D eigenvalue weighted by molar-refractivity contribution is 0.397. The largest absolute Gasteiger partial charge is 0.192 e. The van der Waals surface area contributed by atoms with Crippen LogP contribution in [-0.2, 0) is 5.41 Å². The molecule has 0 radical (unpaired) electrons. The second-order valence-corrected chi connectivity index (χ2v) is 23.5. The van der Waals surface area contributed by atoms with Crippen molar-refractivity contribution in [2.75, 3.05) is 6.62 Å². The van der Waals surface area contributed by atoms with Gasteiger partial charge in [0.25, 0.3) is 0 Å². The van der Waals surface area contributed by atoms with E-state index in [0.29, 0.717) is 11.1 Å². The Labute approximate surface area is 465 Å². The van der Waals surface area contributed by atoms with Gasteiger partial charge >= 0.3 is 0 Å². The molecule has 1 unspecified atom stereocenters. The van der Waals surface area contributed by atoms with Crippen molar-refractivity contribution < 1.29 is 2.74 Å². The molecule has 7 heteroatoms. The van der Waals surface area contributed by atoms with Crippen molar-refractivity contribution in [2.24, 2.45) is 0 Å². The second kappa shape index (κ2) is 26.3. The fourth-order valence-corrected chi connectivity index (χ4v) is 14.4. The van der Waals surface area contributed by atoms with E-state index in [2.05, 4.69) is 137 Å². The second-order valence-electron chi connectivity index (χ2n) is 21.2. The van der Waals surface area contributed by atoms with Crippen molar-refractivity contribution in [3.8, 4) is 77.9 Å². The molecule has 1 atom stereocenters. The normalized spacial score (nSPS) is 14.0. The molecular formula is C68H75N4PS2. The van der Waals surface area contributed by atoms with Crippen molar-refractivity contribution in [3.63, 3.8) is 0 Å². The van der Waals surface area contributed by atoms with Crippen LogP contribution in [0.25, 0.3) is 64.7 Å². The van der Waals surface area contributed by atoms with Crippen molar-refractivity contribution in [2.45, 2.75) is 174 Å². The molecule has 0 N–H and O–H groups in total. The summed E-state index contributed by atoms with van der Waals surface area (Å²) in [4.78, 5) is 4.94. The summed E-state index contributed by atoms with van der Waals surface area (Å²) in [6, 6.07) is 40.6. The zero-order valence-electron chi connectivity index (χ0n) is 48.8. The van der Waals surface area contributed by atoms with Crippen LogP contribution in [0.1, 0.15) is 202 Å². The first-order valence-corrected chi connectivity index (χ1v) is 30.1. The molecule has 384 valence electrons. The maximum absolute atomic E-state index is 10.7. The molecule has 4 nitrogen and oxygen atoms in total. The summed E-state index contributed by atoms with van der Waals surface area (Å²) >= 11 is 3.59. The van der Waals surface area contributed by atoms with E-state index >= 15 is 0 Å². The molecule has 0 spiro atoms. The molecule has 75 heavy (non-hydrogen) atoms. The summed E-state index contributed by atoms with van der Waals surface area (Å²) in [7, 11) is -1.83. The minimum absolute atomic E-state index is 0.121. The molecule has 3 aliphatic rings. The molecule has 0 fully saturated rings. The molecule has 0 saturated carbocycles. The highest BCUT2D eigenvalue weighted by atomic mass is 32.1. The summed E-state index contributed by atoms with van der Waals surface area (Å²) < 4.78 is 25.5. The third-order valence-electron chi connectivity index (χ3n) is 16.2. The number of fused-ring (bicyclic) bond motifs is 9. The third-order valence-corrected chi connectivity index (χ3v) is 18.6. The number of benzene rings is 4. The Bertz CT molecular complexity index is 3320. The number of hydrogen-bond acceptors (Lipinski definition) is 6. The Morgan fingerprint density at radius 2 is 0.893 bits per heavy atom. The van der Waals surface area contributed by atoms with Gasteiger partial charge in [0.1, 0.15) is 35.4 Å². The molecule has 3 aliphatic carbocycles. The standard InChI is InChI=1S/C67H70N4S2.CH5P/c1-5-7-9-11-13-15-17-19-21-23-33-67(34-24-22-20-18-16-14-12-10-8-6-2)60-39-52-50-28-25-45(3)35-56(50)65(48(41-68)42-69)58(52)37-54(60)55-38-59-53(40-61(55)67)51-29-27-47(36-57(51)66(59)49(43-70)44-71)62-31-32-64(73-62)63-30-26-46(4)72-63;1-2/h25-32,35-40H,5-24,33-34H2,1-4H3;2H2,1H3/i;1T2,2TD. The fraction of sp³-hybridized carbons (Fsp3) is 0.412. The van der Waals surface area contributed by atoms with Gasteiger partial charge in [-0.05, 0) is 154 Å². The Morgan fingerprint density at radius 1 is 0.480 bits per heavy atom. The zero-order valence-corrected chi connectivity index (χ0v) is 47.3. The number of nitriles is 4. The Balaban J connectivity index is 0.00000130. The summed E-state index contributed by atoms with van der Waals surface area (Å²) in [5.41, 5.74) is 16.6. The number of allylic oxidation sites excluding steroid dienone is 2. The first-order chi connectivity index (χ1) is 38.4. The number of rotatable bonds is 24. The van der Waals surface area contributed by atoms with Gasteiger partial charge in [0.2, 0.25) is 0 Å². The zero-order chi connectivity index (χ0) is 56.1. The molecule has 0 saturated heterocycles. The summed E-state index contributed by atoms with van der Waals surface area (Å²) in [6.45, 7) is 7.54. The van der Waals surface area contributed by atoms with Gasteiger partial charge in [0, 0.05) is 38.8 Å². The number of aryl methyl sites for hydroxylation is 2. The van der Waals surface area contributed by atoms with Crippen molar-refractivity contribution in [3.05, 3.63) is 140 Å². The van der Waals surface area contributed by atoms with Gasteiger partial charge in [-0.2, -0.15) is 21.0 Å².